The third kappa shape index (κ3) is 4.28. The molecule has 30 heavy (non-hydrogen) atoms. The number of carbonyl (C=O) groups is 2. The van der Waals surface area contributed by atoms with E-state index in [1.54, 1.807) is 0 Å². The summed E-state index contributed by atoms with van der Waals surface area (Å²) in [6, 6.07) is 17.0. The van der Waals surface area contributed by atoms with Crippen LogP contribution in [0, 0.1) is 12.3 Å². The van der Waals surface area contributed by atoms with Crippen molar-refractivity contribution in [1.82, 2.24) is 5.32 Å². The van der Waals surface area contributed by atoms with E-state index in [9.17, 15) is 9.59 Å². The number of carbonyl (C=O) groups excluding carboxylic acids is 2. The highest BCUT2D eigenvalue weighted by Gasteiger charge is 2.39. The molecule has 0 saturated heterocycles. The van der Waals surface area contributed by atoms with E-state index in [2.05, 4.69) is 31.8 Å². The molecule has 2 aliphatic heterocycles. The highest BCUT2D eigenvalue weighted by atomic mass is 16.2. The first-order valence-corrected chi connectivity index (χ1v) is 9.81. The molecule has 2 aromatic rings. The first-order chi connectivity index (χ1) is 14.6. The molecule has 2 aliphatic rings. The Balaban J connectivity index is 1.52. The van der Waals surface area contributed by atoms with E-state index in [4.69, 9.17) is 6.42 Å². The van der Waals surface area contributed by atoms with Gasteiger partial charge in [0.15, 0.2) is 5.66 Å². The second-order valence-electron chi connectivity index (χ2n) is 7.24. The van der Waals surface area contributed by atoms with E-state index in [1.807, 2.05) is 54.6 Å². The van der Waals surface area contributed by atoms with Crippen LogP contribution in [0.15, 0.2) is 69.8 Å². The van der Waals surface area contributed by atoms with Gasteiger partial charge in [-0.1, -0.05) is 48.5 Å². The van der Waals surface area contributed by atoms with Gasteiger partial charge in [-0.2, -0.15) is 10.2 Å². The minimum Gasteiger partial charge on any atom is -0.327 e. The molecule has 0 spiro atoms. The second kappa shape index (κ2) is 8.29. The van der Waals surface area contributed by atoms with Gasteiger partial charge in [0.1, 0.15) is 0 Å². The van der Waals surface area contributed by atoms with Crippen molar-refractivity contribution in [3.63, 3.8) is 0 Å². The van der Waals surface area contributed by atoms with Gasteiger partial charge >= 0.3 is 0 Å². The molecule has 0 radical (unpaired) electrons. The molecule has 0 aromatic heterocycles. The van der Waals surface area contributed by atoms with Gasteiger partial charge in [-0.15, -0.1) is 12.3 Å². The van der Waals surface area contributed by atoms with Crippen LogP contribution in [0.3, 0.4) is 0 Å². The zero-order chi connectivity index (χ0) is 21.0. The van der Waals surface area contributed by atoms with Crippen molar-refractivity contribution in [2.45, 2.75) is 37.5 Å². The van der Waals surface area contributed by atoms with Gasteiger partial charge in [0.2, 0.25) is 12.1 Å². The number of anilines is 1. The van der Waals surface area contributed by atoms with Crippen LogP contribution in [-0.4, -0.2) is 29.4 Å². The molecule has 7 nitrogen and oxygen atoms in total. The predicted molar refractivity (Wildman–Crippen MR) is 114 cm³/mol. The molecule has 2 N–H and O–H groups in total. The lowest BCUT2D eigenvalue weighted by atomic mass is 10.0. The SMILES string of the molecule is C#CCCC1(CCC(=O)NC2N=C(c3ccccc3)c3ccccc3NC2=O)N=N1. The van der Waals surface area contributed by atoms with Crippen molar-refractivity contribution < 1.29 is 9.59 Å². The molecule has 2 heterocycles. The standard InChI is InChI=1S/C23H21N5O2/c1-2-3-14-23(27-28-23)15-13-19(29)25-21-22(30)24-18-12-8-7-11-17(18)20(26-21)16-9-5-4-6-10-16/h1,4-12,21H,3,13-15H2,(H,24,30)(H,25,29). The molecule has 0 fully saturated rings. The summed E-state index contributed by atoms with van der Waals surface area (Å²) in [4.78, 5) is 29.9. The third-order valence-corrected chi connectivity index (χ3v) is 5.10. The lowest BCUT2D eigenvalue weighted by molar-refractivity contribution is -0.126. The van der Waals surface area contributed by atoms with Crippen LogP contribution in [0.2, 0.25) is 0 Å². The van der Waals surface area contributed by atoms with Crippen LogP contribution >= 0.6 is 0 Å². The van der Waals surface area contributed by atoms with Crippen LogP contribution in [0.25, 0.3) is 0 Å². The van der Waals surface area contributed by atoms with Crippen molar-refractivity contribution in [1.29, 1.82) is 0 Å². The summed E-state index contributed by atoms with van der Waals surface area (Å²) in [7, 11) is 0. The van der Waals surface area contributed by atoms with Crippen molar-refractivity contribution in [3.05, 3.63) is 65.7 Å². The highest BCUT2D eigenvalue weighted by molar-refractivity contribution is 6.19. The van der Waals surface area contributed by atoms with Crippen molar-refractivity contribution in [2.75, 3.05) is 5.32 Å². The lowest BCUT2D eigenvalue weighted by Crippen LogP contribution is -2.42. The van der Waals surface area contributed by atoms with Crippen molar-refractivity contribution in [2.24, 2.45) is 15.2 Å². The fourth-order valence-electron chi connectivity index (χ4n) is 3.39. The Morgan fingerprint density at radius 2 is 1.83 bits per heavy atom. The fourth-order valence-corrected chi connectivity index (χ4v) is 3.39. The van der Waals surface area contributed by atoms with E-state index < -0.39 is 11.8 Å². The highest BCUT2D eigenvalue weighted by Crippen LogP contribution is 2.37. The second-order valence-corrected chi connectivity index (χ2v) is 7.24. The van der Waals surface area contributed by atoms with Gasteiger partial charge in [-0.05, 0) is 6.07 Å². The number of hydrogen-bond donors (Lipinski definition) is 2. The number of amides is 2. The Morgan fingerprint density at radius 3 is 2.57 bits per heavy atom. The average molecular weight is 399 g/mol. The summed E-state index contributed by atoms with van der Waals surface area (Å²) in [5, 5.41) is 13.7. The summed E-state index contributed by atoms with van der Waals surface area (Å²) in [6.07, 6.45) is 6.10. The Hall–Kier alpha value is -3.79. The van der Waals surface area contributed by atoms with Gasteiger partial charge in [0, 0.05) is 36.8 Å². The molecule has 1 unspecified atom stereocenters. The van der Waals surface area contributed by atoms with Crippen LogP contribution in [-0.2, 0) is 9.59 Å². The molecule has 0 saturated carbocycles. The van der Waals surface area contributed by atoms with Crippen LogP contribution in [0.5, 0.6) is 0 Å². The minimum absolute atomic E-state index is 0.185. The molecule has 0 bridgehead atoms. The minimum atomic E-state index is -1.03. The van der Waals surface area contributed by atoms with Gasteiger partial charge in [-0.3, -0.25) is 9.59 Å². The number of rotatable bonds is 7. The van der Waals surface area contributed by atoms with Gasteiger partial charge in [0.05, 0.1) is 11.4 Å². The first kappa shape index (κ1) is 19.5. The number of aliphatic imine (C=N–C) groups is 1. The first-order valence-electron chi connectivity index (χ1n) is 9.81. The summed E-state index contributed by atoms with van der Waals surface area (Å²) in [5.74, 6) is 1.90. The van der Waals surface area contributed by atoms with Crippen LogP contribution < -0.4 is 10.6 Å². The summed E-state index contributed by atoms with van der Waals surface area (Å²) < 4.78 is 0. The zero-order valence-corrected chi connectivity index (χ0v) is 16.3. The van der Waals surface area contributed by atoms with Crippen molar-refractivity contribution >= 4 is 23.2 Å². The monoisotopic (exact) mass is 399 g/mol. The Labute approximate surface area is 174 Å². The Bertz CT molecular complexity index is 1060. The maximum atomic E-state index is 12.8. The summed E-state index contributed by atoms with van der Waals surface area (Å²) >= 11 is 0. The average Bonchev–Trinajstić information content (AvgIpc) is 3.56. The molecule has 0 aliphatic carbocycles. The summed E-state index contributed by atoms with van der Waals surface area (Å²) in [5.41, 5.74) is 2.43. The number of benzene rings is 2. The van der Waals surface area contributed by atoms with E-state index in [0.717, 1.165) is 11.1 Å². The fraction of sp³-hybridized carbons (Fsp3) is 0.261. The van der Waals surface area contributed by atoms with Crippen LogP contribution in [0.4, 0.5) is 5.69 Å². The zero-order valence-electron chi connectivity index (χ0n) is 16.3. The predicted octanol–water partition coefficient (Wildman–Crippen LogP) is 3.27. The number of nitrogens with zero attached hydrogens (tertiary/aromatic N) is 3. The number of benzodiazepines with no additional fused rings is 1. The molecular weight excluding hydrogens is 378 g/mol. The quantitative estimate of drug-likeness (QED) is 0.699. The number of nitrogens with one attached hydrogen (secondary N) is 2. The maximum Gasteiger partial charge on any atom is 0.269 e. The number of fused-ring (bicyclic) bond motifs is 1. The molecule has 2 amide bonds. The molecule has 4 rings (SSSR count). The third-order valence-electron chi connectivity index (χ3n) is 5.10. The summed E-state index contributed by atoms with van der Waals surface area (Å²) in [6.45, 7) is 0. The topological polar surface area (TPSA) is 95.3 Å². The van der Waals surface area contributed by atoms with E-state index in [0.29, 0.717) is 30.7 Å². The van der Waals surface area contributed by atoms with E-state index >= 15 is 0 Å². The van der Waals surface area contributed by atoms with Gasteiger partial charge in [-0.25, -0.2) is 4.99 Å². The Kier molecular flexibility index (Phi) is 5.40. The number of hydrogen-bond acceptors (Lipinski definition) is 5. The van der Waals surface area contributed by atoms with Crippen molar-refractivity contribution in [3.8, 4) is 12.3 Å². The normalized spacial score (nSPS) is 18.3. The number of terminal acetylenes is 1. The maximum absolute atomic E-state index is 12.8. The lowest BCUT2D eigenvalue weighted by Gasteiger charge is -2.14. The molecular formula is C23H21N5O2. The van der Waals surface area contributed by atoms with Gasteiger partial charge in [0.25, 0.3) is 5.91 Å². The molecule has 150 valence electrons. The molecule has 2 aromatic carbocycles. The van der Waals surface area contributed by atoms with E-state index in [1.165, 1.54) is 0 Å². The Morgan fingerprint density at radius 1 is 1.10 bits per heavy atom. The van der Waals surface area contributed by atoms with E-state index in [-0.39, 0.29) is 18.2 Å². The molecule has 1 atom stereocenters. The van der Waals surface area contributed by atoms with Gasteiger partial charge < -0.3 is 10.6 Å². The van der Waals surface area contributed by atoms with Crippen LogP contribution in [0.1, 0.15) is 36.8 Å². The molecule has 7 heteroatoms. The smallest absolute Gasteiger partial charge is 0.269 e. The largest absolute Gasteiger partial charge is 0.327 e. The number of para-hydroxylation sites is 1.